The first-order valence-corrected chi connectivity index (χ1v) is 26.2. The highest BCUT2D eigenvalue weighted by Crippen LogP contribution is 2.40. The highest BCUT2D eigenvalue weighted by Gasteiger charge is 2.41. The van der Waals surface area contributed by atoms with E-state index in [9.17, 15) is 0 Å². The molecule has 0 atom stereocenters. The summed E-state index contributed by atoms with van der Waals surface area (Å²) in [5.41, 5.74) is 8.48. The first-order valence-electron chi connectivity index (χ1n) is 23.3. The molecule has 0 unspecified atom stereocenters. The highest BCUT2D eigenvalue weighted by molar-refractivity contribution is 7.26. The molecule has 3 aromatic heterocycles. The summed E-state index contributed by atoms with van der Waals surface area (Å²) in [4.78, 5) is 16.1. The van der Waals surface area contributed by atoms with Crippen LogP contribution in [0.25, 0.3) is 93.0 Å². The molecule has 6 heteroatoms. The van der Waals surface area contributed by atoms with Crippen LogP contribution >= 0.6 is 11.3 Å². The molecule has 4 nitrogen and oxygen atoms in total. The first kappa shape index (κ1) is 40.7. The molecule has 0 spiro atoms. The van der Waals surface area contributed by atoms with Gasteiger partial charge in [-0.2, -0.15) is 0 Å². The van der Waals surface area contributed by atoms with E-state index < -0.39 is 8.07 Å². The number of nitrogens with zero attached hydrogens (tertiary/aromatic N) is 4. The van der Waals surface area contributed by atoms with Crippen molar-refractivity contribution in [2.75, 3.05) is 0 Å². The predicted molar refractivity (Wildman–Crippen MR) is 292 cm³/mol. The van der Waals surface area contributed by atoms with Gasteiger partial charge >= 0.3 is 0 Å². The van der Waals surface area contributed by atoms with Gasteiger partial charge in [-0.25, -0.2) is 15.0 Å². The van der Waals surface area contributed by atoms with Gasteiger partial charge in [0, 0.05) is 53.3 Å². The average molecular weight is 915 g/mol. The zero-order valence-electron chi connectivity index (χ0n) is 37.4. The molecule has 0 saturated carbocycles. The van der Waals surface area contributed by atoms with E-state index in [0.717, 1.165) is 39.0 Å². The molecule has 0 aliphatic heterocycles. The van der Waals surface area contributed by atoms with Gasteiger partial charge in [-0.1, -0.05) is 224 Å². The van der Waals surface area contributed by atoms with Gasteiger partial charge < -0.3 is 4.57 Å². The van der Waals surface area contributed by atoms with Crippen molar-refractivity contribution in [3.05, 3.63) is 255 Å². The van der Waals surface area contributed by atoms with Crippen LogP contribution in [0.15, 0.2) is 255 Å². The second kappa shape index (κ2) is 17.0. The molecular formula is C63H42N4SSi. The lowest BCUT2D eigenvalue weighted by Gasteiger charge is -2.34. The smallest absolute Gasteiger partial charge is 0.179 e. The Morgan fingerprint density at radius 2 is 0.768 bits per heavy atom. The zero-order valence-corrected chi connectivity index (χ0v) is 39.3. The van der Waals surface area contributed by atoms with Gasteiger partial charge in [0.05, 0.1) is 11.0 Å². The van der Waals surface area contributed by atoms with Crippen molar-refractivity contribution >= 4 is 82.1 Å². The van der Waals surface area contributed by atoms with Crippen molar-refractivity contribution in [2.45, 2.75) is 0 Å². The van der Waals surface area contributed by atoms with Crippen molar-refractivity contribution in [3.8, 4) is 51.0 Å². The Hall–Kier alpha value is -8.55. The second-order valence-electron chi connectivity index (χ2n) is 17.5. The molecule has 0 amide bonds. The topological polar surface area (TPSA) is 43.6 Å². The first-order chi connectivity index (χ1) is 34.2. The Kier molecular flexibility index (Phi) is 10.00. The Morgan fingerprint density at radius 3 is 1.38 bits per heavy atom. The quantitative estimate of drug-likeness (QED) is 0.107. The summed E-state index contributed by atoms with van der Waals surface area (Å²) in [6.07, 6.45) is 0. The minimum atomic E-state index is -2.85. The van der Waals surface area contributed by atoms with E-state index in [-0.39, 0.29) is 0 Å². The zero-order chi connectivity index (χ0) is 45.7. The van der Waals surface area contributed by atoms with Gasteiger partial charge in [0.25, 0.3) is 0 Å². The predicted octanol–water partition coefficient (Wildman–Crippen LogP) is 13.4. The van der Waals surface area contributed by atoms with E-state index >= 15 is 0 Å². The Balaban J connectivity index is 0.996. The van der Waals surface area contributed by atoms with Gasteiger partial charge in [-0.3, -0.25) is 0 Å². The summed E-state index contributed by atoms with van der Waals surface area (Å²) in [5, 5.41) is 10.2. The van der Waals surface area contributed by atoms with Crippen molar-refractivity contribution < 1.29 is 0 Å². The lowest BCUT2D eigenvalue weighted by Crippen LogP contribution is -2.74. The van der Waals surface area contributed by atoms with Gasteiger partial charge in [-0.05, 0) is 62.2 Å². The Morgan fingerprint density at radius 1 is 0.319 bits per heavy atom. The molecule has 13 rings (SSSR count). The Bertz CT molecular complexity index is 3860. The summed E-state index contributed by atoms with van der Waals surface area (Å²) >= 11 is 1.85. The maximum Gasteiger partial charge on any atom is 0.179 e. The Labute approximate surface area is 405 Å². The summed E-state index contributed by atoms with van der Waals surface area (Å²) in [7, 11) is -2.85. The molecule has 3 heterocycles. The molecule has 324 valence electrons. The number of fused-ring (bicyclic) bond motifs is 6. The largest absolute Gasteiger partial charge is 0.309 e. The standard InChI is InChI=1S/C63H42N4SSi/c1-4-22-48(23-5-1)69(49-24-6-2-7-25-49,50-26-8-3-9-27-50)51-28-17-20-46(42-51)63-65-61(44-39-37-43(38-40-44)52-32-18-33-56-55-31-12-15-36-59(55)68-60(52)56)64-62(66-63)45-19-16-21-47(41-45)67-57-34-13-10-29-53(57)54-30-11-14-35-58(54)67/h1-42H. The third-order valence-electron chi connectivity index (χ3n) is 13.6. The second-order valence-corrected chi connectivity index (χ2v) is 22.4. The average Bonchev–Trinajstić information content (AvgIpc) is 3.98. The molecule has 0 radical (unpaired) electrons. The van der Waals surface area contributed by atoms with Gasteiger partial charge in [0.1, 0.15) is 0 Å². The van der Waals surface area contributed by atoms with E-state index in [1.807, 2.05) is 11.3 Å². The van der Waals surface area contributed by atoms with Crippen LogP contribution < -0.4 is 20.7 Å². The molecule has 0 saturated heterocycles. The molecule has 0 bridgehead atoms. The lowest BCUT2D eigenvalue weighted by atomic mass is 10.0. The normalized spacial score (nSPS) is 11.8. The molecule has 0 fully saturated rings. The fourth-order valence-electron chi connectivity index (χ4n) is 10.5. The summed E-state index contributed by atoms with van der Waals surface area (Å²) in [6.45, 7) is 0. The van der Waals surface area contributed by atoms with Crippen LogP contribution in [0.4, 0.5) is 0 Å². The minimum absolute atomic E-state index is 0.611. The third-order valence-corrected chi connectivity index (χ3v) is 19.6. The van der Waals surface area contributed by atoms with Crippen LogP contribution in [0.3, 0.4) is 0 Å². The van der Waals surface area contributed by atoms with Crippen molar-refractivity contribution in [3.63, 3.8) is 0 Å². The third kappa shape index (κ3) is 6.91. The van der Waals surface area contributed by atoms with E-state index in [2.05, 4.69) is 259 Å². The van der Waals surface area contributed by atoms with E-state index in [1.165, 1.54) is 57.3 Å². The highest BCUT2D eigenvalue weighted by atomic mass is 32.1. The molecule has 0 N–H and O–H groups in total. The maximum atomic E-state index is 5.39. The van der Waals surface area contributed by atoms with Gasteiger partial charge in [-0.15, -0.1) is 11.3 Å². The van der Waals surface area contributed by atoms with Gasteiger partial charge in [0.2, 0.25) is 0 Å². The van der Waals surface area contributed by atoms with Crippen LogP contribution in [0.5, 0.6) is 0 Å². The van der Waals surface area contributed by atoms with Gasteiger partial charge in [0.15, 0.2) is 25.5 Å². The number of thiophene rings is 1. The number of rotatable bonds is 9. The van der Waals surface area contributed by atoms with E-state index in [1.54, 1.807) is 0 Å². The van der Waals surface area contributed by atoms with Crippen molar-refractivity contribution in [1.82, 2.24) is 19.5 Å². The summed E-state index contributed by atoms with van der Waals surface area (Å²) in [5.74, 6) is 1.85. The van der Waals surface area contributed by atoms with Crippen molar-refractivity contribution in [1.29, 1.82) is 0 Å². The molecule has 13 aromatic rings. The molecule has 0 aliphatic carbocycles. The van der Waals surface area contributed by atoms with Crippen LogP contribution in [-0.2, 0) is 0 Å². The molecular weight excluding hydrogens is 873 g/mol. The fraction of sp³-hybridized carbons (Fsp3) is 0. The number of benzene rings is 10. The minimum Gasteiger partial charge on any atom is -0.309 e. The summed E-state index contributed by atoms with van der Waals surface area (Å²) in [6, 6.07) is 92.0. The van der Waals surface area contributed by atoms with Crippen molar-refractivity contribution in [2.24, 2.45) is 0 Å². The number of hydrogen-bond donors (Lipinski definition) is 0. The fourth-order valence-corrected chi connectivity index (χ4v) is 16.5. The number of hydrogen-bond acceptors (Lipinski definition) is 4. The van der Waals surface area contributed by atoms with Crippen LogP contribution in [-0.4, -0.2) is 27.6 Å². The number of para-hydroxylation sites is 2. The summed E-state index contributed by atoms with van der Waals surface area (Å²) < 4.78 is 4.93. The molecule has 69 heavy (non-hydrogen) atoms. The molecule has 10 aromatic carbocycles. The lowest BCUT2D eigenvalue weighted by molar-refractivity contribution is 1.07. The molecule has 0 aliphatic rings. The van der Waals surface area contributed by atoms with Crippen LogP contribution in [0.2, 0.25) is 0 Å². The van der Waals surface area contributed by atoms with E-state index in [0.29, 0.717) is 17.5 Å². The van der Waals surface area contributed by atoms with Crippen LogP contribution in [0.1, 0.15) is 0 Å². The van der Waals surface area contributed by atoms with Crippen LogP contribution in [0, 0.1) is 0 Å². The van der Waals surface area contributed by atoms with E-state index in [4.69, 9.17) is 15.0 Å². The SMILES string of the molecule is c1ccc([Si](c2ccccc2)(c2ccccc2)c2cccc(-c3nc(-c4ccc(-c5cccc6c5sc5ccccc56)cc4)nc(-c4cccc(-n5c6ccccc6c6ccccc65)c4)n3)c2)cc1. The number of aromatic nitrogens is 4. The monoisotopic (exact) mass is 914 g/mol. The maximum absolute atomic E-state index is 5.39.